The van der Waals surface area contributed by atoms with Crippen LogP contribution in [0.4, 0.5) is 5.69 Å². The van der Waals surface area contributed by atoms with Crippen LogP contribution in [0, 0.1) is 0 Å². The van der Waals surface area contributed by atoms with Crippen molar-refractivity contribution in [1.82, 2.24) is 0 Å². The van der Waals surface area contributed by atoms with E-state index in [9.17, 15) is 14.7 Å². The van der Waals surface area contributed by atoms with E-state index in [1.165, 1.54) is 11.3 Å². The number of benzene rings is 2. The number of nitrogens with one attached hydrogen (secondary N) is 1. The molecule has 0 spiro atoms. The number of carbonyl (C=O) groups excluding carboxylic acids is 1. The first-order valence-corrected chi connectivity index (χ1v) is 9.77. The van der Waals surface area contributed by atoms with E-state index in [2.05, 4.69) is 5.32 Å². The molecule has 0 radical (unpaired) electrons. The fraction of sp³-hybridized carbons (Fsp3) is 0.143. The van der Waals surface area contributed by atoms with Gasteiger partial charge in [-0.25, -0.2) is 4.79 Å². The Kier molecular flexibility index (Phi) is 4.83. The lowest BCUT2D eigenvalue weighted by Crippen LogP contribution is -2.22. The van der Waals surface area contributed by atoms with Crippen molar-refractivity contribution in [3.63, 3.8) is 0 Å². The third-order valence-corrected chi connectivity index (χ3v) is 6.26. The van der Waals surface area contributed by atoms with Crippen molar-refractivity contribution in [3.05, 3.63) is 68.9 Å². The summed E-state index contributed by atoms with van der Waals surface area (Å²) in [4.78, 5) is 25.4. The van der Waals surface area contributed by atoms with E-state index in [-0.39, 0.29) is 23.1 Å². The number of carboxylic acid groups (broad SMARTS) is 1. The smallest absolute Gasteiger partial charge is 0.346 e. The minimum absolute atomic E-state index is 0.151. The third-order valence-electron chi connectivity index (χ3n) is 4.73. The molecule has 28 heavy (non-hydrogen) atoms. The van der Waals surface area contributed by atoms with Crippen LogP contribution in [-0.2, 0) is 4.79 Å². The van der Waals surface area contributed by atoms with E-state index in [1.807, 2.05) is 18.2 Å². The lowest BCUT2D eigenvalue weighted by molar-refractivity contribution is -0.116. The molecule has 3 aromatic rings. The van der Waals surface area contributed by atoms with Crippen molar-refractivity contribution in [2.45, 2.75) is 12.3 Å². The van der Waals surface area contributed by atoms with Crippen molar-refractivity contribution in [2.24, 2.45) is 0 Å². The van der Waals surface area contributed by atoms with E-state index >= 15 is 0 Å². The number of amides is 1. The van der Waals surface area contributed by atoms with Crippen LogP contribution in [0.5, 0.6) is 5.75 Å². The number of carboxylic acids is 1. The highest BCUT2D eigenvalue weighted by Gasteiger charge is 2.34. The van der Waals surface area contributed by atoms with Crippen LogP contribution < -0.4 is 10.1 Å². The molecular formula is C21H16ClNO4S. The molecule has 142 valence electrons. The van der Waals surface area contributed by atoms with Crippen LogP contribution in [0.25, 0.3) is 11.1 Å². The molecule has 2 heterocycles. The number of fused-ring (bicyclic) bond motifs is 1. The van der Waals surface area contributed by atoms with Gasteiger partial charge in [0.05, 0.1) is 12.8 Å². The second-order valence-electron chi connectivity index (χ2n) is 6.44. The van der Waals surface area contributed by atoms with E-state index in [4.69, 9.17) is 16.3 Å². The molecule has 1 amide bonds. The van der Waals surface area contributed by atoms with Gasteiger partial charge in [0.2, 0.25) is 5.91 Å². The fourth-order valence-electron chi connectivity index (χ4n) is 3.46. The number of carbonyl (C=O) groups is 2. The van der Waals surface area contributed by atoms with E-state index in [0.717, 1.165) is 10.4 Å². The lowest BCUT2D eigenvalue weighted by atomic mass is 9.88. The minimum Gasteiger partial charge on any atom is -0.497 e. The van der Waals surface area contributed by atoms with Crippen molar-refractivity contribution >= 4 is 40.5 Å². The molecule has 0 saturated heterocycles. The Bertz CT molecular complexity index is 1070. The summed E-state index contributed by atoms with van der Waals surface area (Å²) in [5.41, 5.74) is 2.69. The normalized spacial score (nSPS) is 15.6. The van der Waals surface area contributed by atoms with Gasteiger partial charge in [0.25, 0.3) is 0 Å². The molecule has 0 aliphatic carbocycles. The highest BCUT2D eigenvalue weighted by molar-refractivity contribution is 7.15. The number of anilines is 1. The van der Waals surface area contributed by atoms with Gasteiger partial charge in [0.1, 0.15) is 10.6 Å². The summed E-state index contributed by atoms with van der Waals surface area (Å²) >= 11 is 7.33. The Morgan fingerprint density at radius 1 is 1.25 bits per heavy atom. The van der Waals surface area contributed by atoms with Gasteiger partial charge in [-0.05, 0) is 35.4 Å². The van der Waals surface area contributed by atoms with Crippen LogP contribution in [0.3, 0.4) is 0 Å². The van der Waals surface area contributed by atoms with E-state index in [1.54, 1.807) is 37.4 Å². The zero-order valence-electron chi connectivity index (χ0n) is 14.9. The molecule has 4 rings (SSSR count). The summed E-state index contributed by atoms with van der Waals surface area (Å²) in [6, 6.07) is 14.5. The number of aromatic carboxylic acids is 1. The first-order chi connectivity index (χ1) is 13.5. The van der Waals surface area contributed by atoms with Crippen LogP contribution >= 0.6 is 22.9 Å². The molecule has 1 aliphatic rings. The molecule has 0 saturated carbocycles. The average molecular weight is 414 g/mol. The SMILES string of the molecule is COc1ccc(-c2c(C(=O)O)sc3c2NC(=O)C[C@@H]3c2cccc(Cl)c2)cc1. The summed E-state index contributed by atoms with van der Waals surface area (Å²) in [5.74, 6) is -0.741. The molecule has 0 unspecified atom stereocenters. The number of methoxy groups -OCH3 is 1. The van der Waals surface area contributed by atoms with Crippen molar-refractivity contribution in [3.8, 4) is 16.9 Å². The summed E-state index contributed by atoms with van der Waals surface area (Å²) in [7, 11) is 1.57. The zero-order valence-corrected chi connectivity index (χ0v) is 16.4. The van der Waals surface area contributed by atoms with E-state index < -0.39 is 5.97 Å². The second-order valence-corrected chi connectivity index (χ2v) is 7.93. The van der Waals surface area contributed by atoms with Crippen LogP contribution in [-0.4, -0.2) is 24.1 Å². The number of rotatable bonds is 4. The fourth-order valence-corrected chi connectivity index (χ4v) is 4.91. The second kappa shape index (κ2) is 7.30. The van der Waals surface area contributed by atoms with Gasteiger partial charge in [-0.3, -0.25) is 4.79 Å². The standard InChI is InChI=1S/C21H16ClNO4S/c1-27-14-7-5-11(6-8-14)17-18-19(28-20(17)21(25)26)15(10-16(24)23-18)12-3-2-4-13(22)9-12/h2-9,15H,10H2,1H3,(H,23,24)(H,25,26)/t15-/m1/s1. The molecule has 0 bridgehead atoms. The molecule has 1 atom stereocenters. The number of halogens is 1. The molecule has 2 N–H and O–H groups in total. The van der Waals surface area contributed by atoms with Gasteiger partial charge >= 0.3 is 5.97 Å². The van der Waals surface area contributed by atoms with Gasteiger partial charge in [-0.15, -0.1) is 11.3 Å². The maximum atomic E-state index is 12.5. The average Bonchev–Trinajstić information content (AvgIpc) is 3.07. The summed E-state index contributed by atoms with van der Waals surface area (Å²) in [5, 5.41) is 13.3. The maximum Gasteiger partial charge on any atom is 0.346 e. The third kappa shape index (κ3) is 3.25. The van der Waals surface area contributed by atoms with Gasteiger partial charge in [-0.1, -0.05) is 35.9 Å². The van der Waals surface area contributed by atoms with E-state index in [0.29, 0.717) is 27.6 Å². The monoisotopic (exact) mass is 413 g/mol. The molecule has 7 heteroatoms. The quantitative estimate of drug-likeness (QED) is 0.612. The summed E-state index contributed by atoms with van der Waals surface area (Å²) in [6.07, 6.45) is 0.245. The van der Waals surface area contributed by atoms with Crippen molar-refractivity contribution < 1.29 is 19.4 Å². The Morgan fingerprint density at radius 2 is 2.00 bits per heavy atom. The molecule has 2 aromatic carbocycles. The predicted molar refractivity (Wildman–Crippen MR) is 110 cm³/mol. The molecule has 0 fully saturated rings. The van der Waals surface area contributed by atoms with Gasteiger partial charge < -0.3 is 15.2 Å². The van der Waals surface area contributed by atoms with Gasteiger partial charge in [0, 0.05) is 27.8 Å². The molecule has 5 nitrogen and oxygen atoms in total. The molecule has 1 aliphatic heterocycles. The summed E-state index contributed by atoms with van der Waals surface area (Å²) < 4.78 is 5.18. The summed E-state index contributed by atoms with van der Waals surface area (Å²) in [6.45, 7) is 0. The van der Waals surface area contributed by atoms with Crippen LogP contribution in [0.2, 0.25) is 5.02 Å². The van der Waals surface area contributed by atoms with Crippen molar-refractivity contribution in [1.29, 1.82) is 0 Å². The molecule has 1 aromatic heterocycles. The zero-order chi connectivity index (χ0) is 19.8. The van der Waals surface area contributed by atoms with Crippen LogP contribution in [0.1, 0.15) is 32.5 Å². The highest BCUT2D eigenvalue weighted by Crippen LogP contribution is 2.49. The highest BCUT2D eigenvalue weighted by atomic mass is 35.5. The first kappa shape index (κ1) is 18.5. The Morgan fingerprint density at radius 3 is 2.64 bits per heavy atom. The minimum atomic E-state index is -1.02. The predicted octanol–water partition coefficient (Wildman–Crippen LogP) is 5.25. The number of ether oxygens (including phenoxy) is 1. The van der Waals surface area contributed by atoms with Gasteiger partial charge in [0.15, 0.2) is 0 Å². The number of hydrogen-bond donors (Lipinski definition) is 2. The first-order valence-electron chi connectivity index (χ1n) is 8.57. The topological polar surface area (TPSA) is 75.6 Å². The Balaban J connectivity index is 1.91. The largest absolute Gasteiger partial charge is 0.497 e. The Labute approximate surface area is 170 Å². The maximum absolute atomic E-state index is 12.5. The van der Waals surface area contributed by atoms with Crippen molar-refractivity contribution in [2.75, 3.05) is 12.4 Å². The van der Waals surface area contributed by atoms with Crippen LogP contribution in [0.15, 0.2) is 48.5 Å². The molecular weight excluding hydrogens is 398 g/mol. The van der Waals surface area contributed by atoms with Gasteiger partial charge in [-0.2, -0.15) is 0 Å². The Hall–Kier alpha value is -2.83. The number of thiophene rings is 1. The lowest BCUT2D eigenvalue weighted by Gasteiger charge is -2.24. The number of hydrogen-bond acceptors (Lipinski definition) is 4.